The Kier molecular flexibility index (Phi) is 8.45. The third-order valence-corrected chi connectivity index (χ3v) is 11.2. The zero-order valence-corrected chi connectivity index (χ0v) is 21.5. The second-order valence-corrected chi connectivity index (χ2v) is 12.5. The number of hydrogen-bond donors (Lipinski definition) is 0. The third-order valence-electron chi connectivity index (χ3n) is 6.73. The molecule has 1 atom stereocenters. The van der Waals surface area contributed by atoms with Gasteiger partial charge in [-0.2, -0.15) is 13.2 Å². The highest BCUT2D eigenvalue weighted by Gasteiger charge is 2.45. The smallest absolute Gasteiger partial charge is 0.416 e. The van der Waals surface area contributed by atoms with Gasteiger partial charge in [0, 0.05) is 0 Å². The summed E-state index contributed by atoms with van der Waals surface area (Å²) >= 11 is 0. The van der Waals surface area contributed by atoms with Crippen LogP contribution in [0.2, 0.25) is 0 Å². The van der Waals surface area contributed by atoms with Crippen LogP contribution in [-0.2, 0) is 15.7 Å². The van der Waals surface area contributed by atoms with Gasteiger partial charge in [0.15, 0.2) is 0 Å². The minimum Gasteiger partial charge on any atom is -0.469 e. The number of alkyl halides is 3. The molecule has 0 aliphatic carbocycles. The third kappa shape index (κ3) is 6.11. The standard InChI is InChI=1S/C31H29F3O2P/c1-36-30(35)23-25(24-12-11-13-26(22-24)31(32,33)34)20-21-37(27-14-5-2-6-15-27,28-16-7-3-8-17-28)29-18-9-4-10-19-29/h2-19,22,25H,20-21,23H2,1H3/q+1. The molecule has 0 aliphatic rings. The van der Waals surface area contributed by atoms with E-state index in [1.165, 1.54) is 35.2 Å². The van der Waals surface area contributed by atoms with Crippen LogP contribution in [-0.4, -0.2) is 19.2 Å². The van der Waals surface area contributed by atoms with Crippen LogP contribution in [0.3, 0.4) is 0 Å². The lowest BCUT2D eigenvalue weighted by atomic mass is 9.92. The SMILES string of the molecule is COC(=O)CC(CC[P+](c1ccccc1)(c1ccccc1)c1ccccc1)c1cccc(C(F)(F)F)c1. The first-order valence-corrected chi connectivity index (χ1v) is 14.1. The number of rotatable bonds is 9. The maximum Gasteiger partial charge on any atom is 0.416 e. The molecule has 2 nitrogen and oxygen atoms in total. The molecule has 0 saturated heterocycles. The molecule has 0 spiro atoms. The lowest BCUT2D eigenvalue weighted by Crippen LogP contribution is -2.34. The van der Waals surface area contributed by atoms with Gasteiger partial charge in [-0.05, 0) is 60.4 Å². The van der Waals surface area contributed by atoms with E-state index in [0.29, 0.717) is 18.1 Å². The van der Waals surface area contributed by atoms with Crippen molar-refractivity contribution in [3.63, 3.8) is 0 Å². The molecule has 0 aromatic heterocycles. The van der Waals surface area contributed by atoms with Crippen LogP contribution in [0, 0.1) is 0 Å². The molecule has 0 N–H and O–H groups in total. The molecule has 0 bridgehead atoms. The summed E-state index contributed by atoms with van der Waals surface area (Å²) < 4.78 is 45.5. The van der Waals surface area contributed by atoms with Gasteiger partial charge in [0.05, 0.1) is 25.3 Å². The van der Waals surface area contributed by atoms with E-state index < -0.39 is 30.9 Å². The Balaban J connectivity index is 1.82. The van der Waals surface area contributed by atoms with E-state index in [-0.39, 0.29) is 6.42 Å². The van der Waals surface area contributed by atoms with Crippen LogP contribution in [0.15, 0.2) is 115 Å². The molecular formula is C31H29F3O2P+. The van der Waals surface area contributed by atoms with E-state index in [1.807, 2.05) is 54.6 Å². The molecule has 190 valence electrons. The quantitative estimate of drug-likeness (QED) is 0.180. The molecule has 1 unspecified atom stereocenters. The first-order chi connectivity index (χ1) is 17.8. The Bertz CT molecular complexity index is 1200. The van der Waals surface area contributed by atoms with E-state index in [4.69, 9.17) is 4.74 Å². The van der Waals surface area contributed by atoms with Crippen LogP contribution in [0.5, 0.6) is 0 Å². The van der Waals surface area contributed by atoms with Gasteiger partial charge in [-0.25, -0.2) is 0 Å². The van der Waals surface area contributed by atoms with Crippen LogP contribution in [0.4, 0.5) is 13.2 Å². The van der Waals surface area contributed by atoms with E-state index in [1.54, 1.807) is 6.07 Å². The number of carbonyl (C=O) groups excluding carboxylic acids is 1. The summed E-state index contributed by atoms with van der Waals surface area (Å²) in [6.07, 6.45) is -3.25. The van der Waals surface area contributed by atoms with Crippen LogP contribution in [0.25, 0.3) is 0 Å². The van der Waals surface area contributed by atoms with E-state index in [9.17, 15) is 18.0 Å². The Morgan fingerprint density at radius 2 is 1.24 bits per heavy atom. The van der Waals surface area contributed by atoms with Crippen molar-refractivity contribution in [2.24, 2.45) is 0 Å². The van der Waals surface area contributed by atoms with Gasteiger partial charge in [-0.3, -0.25) is 4.79 Å². The molecule has 0 fully saturated rings. The van der Waals surface area contributed by atoms with Crippen LogP contribution in [0.1, 0.15) is 29.9 Å². The van der Waals surface area contributed by atoms with Crippen LogP contribution < -0.4 is 15.9 Å². The Labute approximate surface area is 216 Å². The molecule has 4 aromatic carbocycles. The molecule has 0 heterocycles. The van der Waals surface area contributed by atoms with Crippen molar-refractivity contribution in [1.82, 2.24) is 0 Å². The number of halogens is 3. The first kappa shape index (κ1) is 26.6. The molecular weight excluding hydrogens is 492 g/mol. The summed E-state index contributed by atoms with van der Waals surface area (Å²) in [7, 11) is -0.892. The van der Waals surface area contributed by atoms with Gasteiger partial charge < -0.3 is 4.74 Å². The summed E-state index contributed by atoms with van der Waals surface area (Å²) in [6.45, 7) is 0. The maximum atomic E-state index is 13.5. The fraction of sp³-hybridized carbons (Fsp3) is 0.194. The lowest BCUT2D eigenvalue weighted by molar-refractivity contribution is -0.141. The highest BCUT2D eigenvalue weighted by Crippen LogP contribution is 2.56. The topological polar surface area (TPSA) is 26.3 Å². The van der Waals surface area contributed by atoms with Crippen LogP contribution >= 0.6 is 7.26 Å². The molecule has 0 amide bonds. The predicted octanol–water partition coefficient (Wildman–Crippen LogP) is 6.74. The minimum absolute atomic E-state index is 0.0101. The number of methoxy groups -OCH3 is 1. The second kappa shape index (κ2) is 11.7. The Morgan fingerprint density at radius 3 is 1.68 bits per heavy atom. The van der Waals surface area contributed by atoms with Gasteiger partial charge in [-0.15, -0.1) is 0 Å². The monoisotopic (exact) mass is 521 g/mol. The Hall–Kier alpha value is -3.43. The highest BCUT2D eigenvalue weighted by atomic mass is 31.2. The summed E-state index contributed by atoms with van der Waals surface area (Å²) in [5.41, 5.74) is -0.220. The van der Waals surface area contributed by atoms with Gasteiger partial charge >= 0.3 is 12.1 Å². The average Bonchev–Trinajstić information content (AvgIpc) is 2.94. The van der Waals surface area contributed by atoms with Crippen molar-refractivity contribution in [1.29, 1.82) is 0 Å². The first-order valence-electron chi connectivity index (χ1n) is 12.1. The number of carbonyl (C=O) groups is 1. The zero-order chi connectivity index (χ0) is 26.3. The maximum absolute atomic E-state index is 13.5. The van der Waals surface area contributed by atoms with Crippen molar-refractivity contribution < 1.29 is 22.7 Å². The summed E-state index contributed by atoms with van der Waals surface area (Å²) in [5, 5.41) is 3.56. The summed E-state index contributed by atoms with van der Waals surface area (Å²) in [5.74, 6) is -0.865. The van der Waals surface area contributed by atoms with Crippen molar-refractivity contribution in [3.05, 3.63) is 126 Å². The predicted molar refractivity (Wildman–Crippen MR) is 145 cm³/mol. The fourth-order valence-corrected chi connectivity index (χ4v) is 9.28. The molecule has 37 heavy (non-hydrogen) atoms. The largest absolute Gasteiger partial charge is 0.469 e. The molecule has 0 radical (unpaired) electrons. The van der Waals surface area contributed by atoms with E-state index in [2.05, 4.69) is 36.4 Å². The molecule has 4 rings (SSSR count). The zero-order valence-electron chi connectivity index (χ0n) is 20.6. The second-order valence-electron chi connectivity index (χ2n) is 8.93. The van der Waals surface area contributed by atoms with Gasteiger partial charge in [0.1, 0.15) is 23.2 Å². The van der Waals surface area contributed by atoms with E-state index >= 15 is 0 Å². The molecule has 6 heteroatoms. The van der Waals surface area contributed by atoms with Gasteiger partial charge in [0.2, 0.25) is 0 Å². The Morgan fingerprint density at radius 1 is 0.757 bits per heavy atom. The molecule has 0 saturated carbocycles. The van der Waals surface area contributed by atoms with Crippen molar-refractivity contribution in [3.8, 4) is 0 Å². The van der Waals surface area contributed by atoms with Crippen molar-refractivity contribution >= 4 is 29.1 Å². The van der Waals surface area contributed by atoms with Crippen molar-refractivity contribution in [2.45, 2.75) is 24.9 Å². The van der Waals surface area contributed by atoms with Crippen molar-refractivity contribution in [2.75, 3.05) is 13.3 Å². The molecule has 4 aromatic rings. The average molecular weight is 522 g/mol. The van der Waals surface area contributed by atoms with Gasteiger partial charge in [0.25, 0.3) is 0 Å². The number of benzene rings is 4. The fourth-order valence-electron chi connectivity index (χ4n) is 4.87. The normalized spacial score (nSPS) is 12.6. The number of ether oxygens (including phenoxy) is 1. The minimum atomic E-state index is -4.46. The summed E-state index contributed by atoms with van der Waals surface area (Å²) in [4.78, 5) is 12.4. The molecule has 0 aliphatic heterocycles. The van der Waals surface area contributed by atoms with Gasteiger partial charge in [-0.1, -0.05) is 72.8 Å². The summed E-state index contributed by atoms with van der Waals surface area (Å²) in [6, 6.07) is 36.2. The highest BCUT2D eigenvalue weighted by molar-refractivity contribution is 7.95. The number of hydrogen-bond acceptors (Lipinski definition) is 2. The lowest BCUT2D eigenvalue weighted by Gasteiger charge is -2.29. The van der Waals surface area contributed by atoms with E-state index in [0.717, 1.165) is 6.07 Å². The number of esters is 1.